The highest BCUT2D eigenvalue weighted by Gasteiger charge is 2.32. The number of fused-ring (bicyclic) bond motifs is 1. The van der Waals surface area contributed by atoms with Crippen molar-refractivity contribution >= 4 is 46.3 Å². The molecule has 214 valence electrons. The predicted molar refractivity (Wildman–Crippen MR) is 161 cm³/mol. The average molecular weight is 615 g/mol. The third-order valence-electron chi connectivity index (χ3n) is 6.81. The van der Waals surface area contributed by atoms with Crippen molar-refractivity contribution in [2.75, 3.05) is 5.32 Å². The van der Waals surface area contributed by atoms with Crippen LogP contribution in [0.15, 0.2) is 110 Å². The predicted octanol–water partition coefficient (Wildman–Crippen LogP) is 5.83. The smallest absolute Gasteiger partial charge is 0.305 e. The molecule has 6 rings (SSSR count). The number of anilines is 1. The van der Waals surface area contributed by atoms with Gasteiger partial charge in [-0.3, -0.25) is 24.3 Å². The van der Waals surface area contributed by atoms with Crippen molar-refractivity contribution in [1.29, 1.82) is 0 Å². The lowest BCUT2D eigenvalue weighted by Crippen LogP contribution is -2.40. The zero-order valence-corrected chi connectivity index (χ0v) is 23.9. The first-order chi connectivity index (χ1) is 20.7. The molecule has 1 amide bonds. The molecule has 1 atom stereocenters. The van der Waals surface area contributed by atoms with Gasteiger partial charge in [0.15, 0.2) is 4.80 Å². The van der Waals surface area contributed by atoms with Crippen LogP contribution in [0.2, 0.25) is 5.02 Å². The van der Waals surface area contributed by atoms with Gasteiger partial charge in [-0.05, 0) is 61.0 Å². The number of nitrogens with one attached hydrogen (secondary N) is 1. The third-order valence-corrected chi connectivity index (χ3v) is 8.05. The van der Waals surface area contributed by atoms with E-state index >= 15 is 0 Å². The fraction of sp³-hybridized carbons (Fsp3) is 0.0645. The average Bonchev–Trinajstić information content (AvgIpc) is 3.57. The second-order valence-electron chi connectivity index (χ2n) is 9.58. The van der Waals surface area contributed by atoms with Crippen LogP contribution in [0.4, 0.5) is 15.8 Å². The van der Waals surface area contributed by atoms with E-state index in [-0.39, 0.29) is 5.76 Å². The fourth-order valence-corrected chi connectivity index (χ4v) is 5.97. The highest BCUT2D eigenvalue weighted by atomic mass is 35.5. The zero-order chi connectivity index (χ0) is 30.2. The molecule has 1 aliphatic rings. The van der Waals surface area contributed by atoms with E-state index in [0.29, 0.717) is 48.2 Å². The second-order valence-corrected chi connectivity index (χ2v) is 11.0. The summed E-state index contributed by atoms with van der Waals surface area (Å²) in [6, 6.07) is 21.7. The van der Waals surface area contributed by atoms with Gasteiger partial charge in [0, 0.05) is 28.4 Å². The van der Waals surface area contributed by atoms with Crippen molar-refractivity contribution in [2.45, 2.75) is 13.0 Å². The molecular formula is C31H20ClFN4O5S. The number of hydrogen-bond donors (Lipinski definition) is 1. The number of nitrogens with zero attached hydrogens (tertiary/aromatic N) is 3. The Labute approximate surface area is 251 Å². The lowest BCUT2D eigenvalue weighted by atomic mass is 9.95. The second kappa shape index (κ2) is 11.3. The Morgan fingerprint density at radius 3 is 2.58 bits per heavy atom. The van der Waals surface area contributed by atoms with Crippen LogP contribution in [0, 0.1) is 15.9 Å². The molecule has 0 unspecified atom stereocenters. The molecule has 0 saturated heterocycles. The van der Waals surface area contributed by atoms with E-state index in [1.54, 1.807) is 67.6 Å². The van der Waals surface area contributed by atoms with Gasteiger partial charge in [-0.1, -0.05) is 53.3 Å². The lowest BCUT2D eigenvalue weighted by molar-refractivity contribution is -0.387. The number of nitro benzene ring substituents is 1. The number of carbonyl (C=O) groups excluding carboxylic acids is 1. The SMILES string of the molecule is CC1=C(C(=O)Nc2ccccc2)[C@H](c2ccc(Cl)cc2)n2c(s/c(=C\c3ccc(-c4ccc(F)c([N+](=O)[O-])c4)o3)c2=O)=N1. The van der Waals surface area contributed by atoms with Gasteiger partial charge in [-0.2, -0.15) is 4.39 Å². The van der Waals surface area contributed by atoms with Crippen molar-refractivity contribution in [3.8, 4) is 11.3 Å². The number of amides is 1. The number of nitro groups is 1. The highest BCUT2D eigenvalue weighted by Crippen LogP contribution is 2.32. The number of para-hydroxylation sites is 1. The maximum Gasteiger partial charge on any atom is 0.305 e. The maximum atomic E-state index is 13.9. The van der Waals surface area contributed by atoms with Gasteiger partial charge in [0.05, 0.1) is 26.8 Å². The molecule has 5 aromatic rings. The zero-order valence-electron chi connectivity index (χ0n) is 22.3. The molecule has 2 aromatic heterocycles. The van der Waals surface area contributed by atoms with Gasteiger partial charge < -0.3 is 9.73 Å². The van der Waals surface area contributed by atoms with Crippen molar-refractivity contribution in [3.63, 3.8) is 0 Å². The number of thiazole rings is 1. The third kappa shape index (κ3) is 5.43. The minimum absolute atomic E-state index is 0.261. The van der Waals surface area contributed by atoms with E-state index in [0.717, 1.165) is 23.5 Å². The molecule has 0 saturated carbocycles. The fourth-order valence-electron chi connectivity index (χ4n) is 4.81. The number of furan rings is 1. The quantitative estimate of drug-likeness (QED) is 0.190. The molecule has 1 N–H and O–H groups in total. The van der Waals surface area contributed by atoms with Gasteiger partial charge >= 0.3 is 5.69 Å². The molecule has 1 aliphatic heterocycles. The molecule has 12 heteroatoms. The molecule has 0 bridgehead atoms. The first kappa shape index (κ1) is 28.0. The van der Waals surface area contributed by atoms with E-state index in [9.17, 15) is 24.1 Å². The molecule has 3 aromatic carbocycles. The van der Waals surface area contributed by atoms with E-state index in [2.05, 4.69) is 10.3 Å². The number of carbonyl (C=O) groups is 1. The van der Waals surface area contributed by atoms with Crippen LogP contribution in [0.25, 0.3) is 17.4 Å². The van der Waals surface area contributed by atoms with Crippen LogP contribution in [-0.2, 0) is 4.79 Å². The molecule has 0 spiro atoms. The van der Waals surface area contributed by atoms with Crippen molar-refractivity contribution < 1.29 is 18.5 Å². The number of hydrogen-bond acceptors (Lipinski definition) is 7. The molecular weight excluding hydrogens is 595 g/mol. The van der Waals surface area contributed by atoms with Crippen LogP contribution in [0.5, 0.6) is 0 Å². The van der Waals surface area contributed by atoms with E-state index in [1.807, 2.05) is 6.07 Å². The molecule has 0 fully saturated rings. The number of allylic oxidation sites excluding steroid dienone is 1. The standard InChI is InChI=1S/C31H20ClFN4O5S/c1-17-27(29(38)35-21-5-3-2-4-6-21)28(18-7-10-20(32)11-8-18)36-30(39)26(43-31(36)34-17)16-22-12-14-25(42-22)19-9-13-23(33)24(15-19)37(40)41/h2-16,28H,1H3,(H,35,38)/b26-16-/t28-/m0/s1. The van der Waals surface area contributed by atoms with Gasteiger partial charge in [-0.25, -0.2) is 4.99 Å². The number of rotatable bonds is 6. The summed E-state index contributed by atoms with van der Waals surface area (Å²) < 4.78 is 21.4. The Bertz CT molecular complexity index is 2120. The summed E-state index contributed by atoms with van der Waals surface area (Å²) in [7, 11) is 0. The van der Waals surface area contributed by atoms with Crippen LogP contribution < -0.4 is 20.2 Å². The summed E-state index contributed by atoms with van der Waals surface area (Å²) in [5.41, 5.74) is 1.28. The number of aromatic nitrogens is 1. The molecule has 0 aliphatic carbocycles. The van der Waals surface area contributed by atoms with Gasteiger partial charge in [0.1, 0.15) is 11.5 Å². The van der Waals surface area contributed by atoms with Crippen LogP contribution >= 0.6 is 22.9 Å². The number of halogens is 2. The Kier molecular flexibility index (Phi) is 7.34. The Hall–Kier alpha value is -5.13. The van der Waals surface area contributed by atoms with Crippen molar-refractivity contribution in [1.82, 2.24) is 4.57 Å². The van der Waals surface area contributed by atoms with Crippen molar-refractivity contribution in [2.24, 2.45) is 4.99 Å². The molecule has 43 heavy (non-hydrogen) atoms. The largest absolute Gasteiger partial charge is 0.457 e. The summed E-state index contributed by atoms with van der Waals surface area (Å²) in [6.07, 6.45) is 1.53. The summed E-state index contributed by atoms with van der Waals surface area (Å²) in [6.45, 7) is 1.72. The van der Waals surface area contributed by atoms with Crippen LogP contribution in [-0.4, -0.2) is 15.4 Å². The Balaban J connectivity index is 1.43. The summed E-state index contributed by atoms with van der Waals surface area (Å²) in [5, 5.41) is 14.6. The Morgan fingerprint density at radius 2 is 1.86 bits per heavy atom. The normalized spacial score (nSPS) is 14.8. The highest BCUT2D eigenvalue weighted by molar-refractivity contribution is 7.07. The maximum absolute atomic E-state index is 13.9. The van der Waals surface area contributed by atoms with Crippen molar-refractivity contribution in [3.05, 3.63) is 148 Å². The van der Waals surface area contributed by atoms with Crippen LogP contribution in [0.3, 0.4) is 0 Å². The molecule has 0 radical (unpaired) electrons. The minimum Gasteiger partial charge on any atom is -0.457 e. The summed E-state index contributed by atoms with van der Waals surface area (Å²) in [4.78, 5) is 42.9. The molecule has 3 heterocycles. The first-order valence-electron chi connectivity index (χ1n) is 12.9. The minimum atomic E-state index is -0.955. The van der Waals surface area contributed by atoms with E-state index in [4.69, 9.17) is 16.0 Å². The lowest BCUT2D eigenvalue weighted by Gasteiger charge is -2.25. The number of benzene rings is 3. The monoisotopic (exact) mass is 614 g/mol. The van der Waals surface area contributed by atoms with E-state index in [1.165, 1.54) is 16.7 Å². The summed E-state index contributed by atoms with van der Waals surface area (Å²) >= 11 is 7.28. The van der Waals surface area contributed by atoms with Gasteiger partial charge in [0.2, 0.25) is 5.82 Å². The Morgan fingerprint density at radius 1 is 1.12 bits per heavy atom. The molecule has 9 nitrogen and oxygen atoms in total. The van der Waals surface area contributed by atoms with E-state index < -0.39 is 33.9 Å². The van der Waals surface area contributed by atoms with Crippen LogP contribution in [0.1, 0.15) is 24.3 Å². The van der Waals surface area contributed by atoms with Gasteiger partial charge in [-0.15, -0.1) is 0 Å². The van der Waals surface area contributed by atoms with Gasteiger partial charge in [0.25, 0.3) is 11.5 Å². The summed E-state index contributed by atoms with van der Waals surface area (Å²) in [5.74, 6) is -0.792. The first-order valence-corrected chi connectivity index (χ1v) is 14.1. The topological polar surface area (TPSA) is 120 Å².